The second-order valence-corrected chi connectivity index (χ2v) is 5.86. The molecule has 1 fully saturated rings. The van der Waals surface area contributed by atoms with Crippen LogP contribution < -0.4 is 5.32 Å². The maximum Gasteiger partial charge on any atom is 0.0278 e. The Balaban J connectivity index is 2.05. The summed E-state index contributed by atoms with van der Waals surface area (Å²) in [6.45, 7) is 11.6. The Kier molecular flexibility index (Phi) is 4.78. The van der Waals surface area contributed by atoms with Crippen LogP contribution in [0.15, 0.2) is 43.0 Å². The zero-order chi connectivity index (χ0) is 13.7. The Morgan fingerprint density at radius 1 is 1.42 bits per heavy atom. The van der Waals surface area contributed by atoms with Crippen molar-refractivity contribution >= 4 is 0 Å². The minimum Gasteiger partial charge on any atom is -0.309 e. The van der Waals surface area contributed by atoms with Crippen LogP contribution in [-0.2, 0) is 6.42 Å². The molecule has 0 radical (unpaired) electrons. The van der Waals surface area contributed by atoms with Crippen LogP contribution in [0.5, 0.6) is 0 Å². The van der Waals surface area contributed by atoms with Crippen LogP contribution >= 0.6 is 0 Å². The van der Waals surface area contributed by atoms with Gasteiger partial charge in [0.25, 0.3) is 0 Å². The van der Waals surface area contributed by atoms with Gasteiger partial charge in [-0.3, -0.25) is 4.90 Å². The molecule has 0 saturated carbocycles. The summed E-state index contributed by atoms with van der Waals surface area (Å²) >= 11 is 0. The Morgan fingerprint density at radius 3 is 2.79 bits per heavy atom. The summed E-state index contributed by atoms with van der Waals surface area (Å²) in [6.07, 6.45) is 4.31. The molecule has 1 saturated heterocycles. The van der Waals surface area contributed by atoms with E-state index in [2.05, 4.69) is 61.0 Å². The molecule has 2 rings (SSSR count). The number of hydrogen-bond acceptors (Lipinski definition) is 2. The van der Waals surface area contributed by atoms with Crippen LogP contribution in [0.25, 0.3) is 0 Å². The van der Waals surface area contributed by atoms with E-state index in [9.17, 15) is 0 Å². The van der Waals surface area contributed by atoms with E-state index < -0.39 is 0 Å². The number of benzene rings is 1. The molecule has 0 aliphatic carbocycles. The van der Waals surface area contributed by atoms with E-state index >= 15 is 0 Å². The van der Waals surface area contributed by atoms with Gasteiger partial charge in [-0.05, 0) is 25.3 Å². The maximum absolute atomic E-state index is 3.91. The first-order valence-electron chi connectivity index (χ1n) is 7.31. The smallest absolute Gasteiger partial charge is 0.0278 e. The average Bonchev–Trinajstić information content (AvgIpc) is 2.44. The summed E-state index contributed by atoms with van der Waals surface area (Å²) in [4.78, 5) is 2.57. The molecule has 2 nitrogen and oxygen atoms in total. The highest BCUT2D eigenvalue weighted by molar-refractivity contribution is 5.16. The van der Waals surface area contributed by atoms with Crippen molar-refractivity contribution < 1.29 is 0 Å². The van der Waals surface area contributed by atoms with E-state index in [4.69, 9.17) is 0 Å². The van der Waals surface area contributed by atoms with E-state index in [1.165, 1.54) is 12.0 Å². The summed E-state index contributed by atoms with van der Waals surface area (Å²) in [7, 11) is 0. The highest BCUT2D eigenvalue weighted by Gasteiger charge is 2.33. The largest absolute Gasteiger partial charge is 0.309 e. The van der Waals surface area contributed by atoms with Crippen molar-refractivity contribution in [1.82, 2.24) is 10.2 Å². The number of nitrogens with zero attached hydrogens (tertiary/aromatic N) is 1. The summed E-state index contributed by atoms with van der Waals surface area (Å²) in [5, 5.41) is 3.73. The molecule has 1 aromatic carbocycles. The molecule has 1 aromatic rings. The molecule has 0 spiro atoms. The lowest BCUT2D eigenvalue weighted by atomic mass is 9.91. The number of rotatable bonds is 5. The van der Waals surface area contributed by atoms with Crippen molar-refractivity contribution in [2.24, 2.45) is 0 Å². The van der Waals surface area contributed by atoms with E-state index in [1.807, 2.05) is 6.08 Å². The Morgan fingerprint density at radius 2 is 2.16 bits per heavy atom. The second kappa shape index (κ2) is 6.36. The standard InChI is InChI=1S/C17H26N2/c1-4-11-19-14-17(3,5-2)18-13-16(19)12-15-9-7-6-8-10-15/h4,6-10,16,18H,1,5,11-14H2,2-3H3. The molecule has 1 aliphatic rings. The molecule has 0 aromatic heterocycles. The molecule has 19 heavy (non-hydrogen) atoms. The van der Waals surface area contributed by atoms with Gasteiger partial charge in [-0.1, -0.05) is 43.3 Å². The molecule has 2 heteroatoms. The van der Waals surface area contributed by atoms with Crippen molar-refractivity contribution in [2.75, 3.05) is 19.6 Å². The lowest BCUT2D eigenvalue weighted by Crippen LogP contribution is -2.63. The van der Waals surface area contributed by atoms with E-state index in [1.54, 1.807) is 0 Å². The summed E-state index contributed by atoms with van der Waals surface area (Å²) in [6, 6.07) is 11.3. The summed E-state index contributed by atoms with van der Waals surface area (Å²) < 4.78 is 0. The van der Waals surface area contributed by atoms with Crippen LogP contribution in [0.1, 0.15) is 25.8 Å². The van der Waals surface area contributed by atoms with E-state index in [-0.39, 0.29) is 5.54 Å². The summed E-state index contributed by atoms with van der Waals surface area (Å²) in [5.41, 5.74) is 1.67. The van der Waals surface area contributed by atoms with Gasteiger partial charge >= 0.3 is 0 Å². The molecule has 0 amide bonds. The predicted molar refractivity (Wildman–Crippen MR) is 82.4 cm³/mol. The fraction of sp³-hybridized carbons (Fsp3) is 0.529. The lowest BCUT2D eigenvalue weighted by molar-refractivity contribution is 0.0955. The van der Waals surface area contributed by atoms with Gasteiger partial charge in [0.05, 0.1) is 0 Å². The molecule has 1 N–H and O–H groups in total. The molecule has 1 aliphatic heterocycles. The van der Waals surface area contributed by atoms with Crippen LogP contribution in [-0.4, -0.2) is 36.1 Å². The van der Waals surface area contributed by atoms with Crippen molar-refractivity contribution in [3.8, 4) is 0 Å². The van der Waals surface area contributed by atoms with Crippen molar-refractivity contribution in [1.29, 1.82) is 0 Å². The minimum absolute atomic E-state index is 0.246. The number of nitrogens with one attached hydrogen (secondary N) is 1. The van der Waals surface area contributed by atoms with Gasteiger partial charge in [-0.2, -0.15) is 0 Å². The SMILES string of the molecule is C=CCN1CC(C)(CC)NCC1Cc1ccccc1. The van der Waals surface area contributed by atoms with Crippen molar-refractivity contribution in [3.63, 3.8) is 0 Å². The fourth-order valence-electron chi connectivity index (χ4n) is 2.83. The third-order valence-electron chi connectivity index (χ3n) is 4.29. The maximum atomic E-state index is 3.91. The minimum atomic E-state index is 0.246. The van der Waals surface area contributed by atoms with Gasteiger partial charge in [0.15, 0.2) is 0 Å². The van der Waals surface area contributed by atoms with Crippen LogP contribution in [0.3, 0.4) is 0 Å². The number of piperazine rings is 1. The predicted octanol–water partition coefficient (Wildman–Crippen LogP) is 2.86. The quantitative estimate of drug-likeness (QED) is 0.817. The topological polar surface area (TPSA) is 15.3 Å². The van der Waals surface area contributed by atoms with E-state index in [0.29, 0.717) is 6.04 Å². The van der Waals surface area contributed by atoms with Crippen LogP contribution in [0.4, 0.5) is 0 Å². The molecule has 2 unspecified atom stereocenters. The monoisotopic (exact) mass is 258 g/mol. The first-order chi connectivity index (χ1) is 9.17. The van der Waals surface area contributed by atoms with Gasteiger partial charge in [0, 0.05) is 31.2 Å². The molecular formula is C17H26N2. The van der Waals surface area contributed by atoms with Crippen LogP contribution in [0, 0.1) is 0 Å². The first-order valence-corrected chi connectivity index (χ1v) is 7.31. The summed E-state index contributed by atoms with van der Waals surface area (Å²) in [5.74, 6) is 0. The third-order valence-corrected chi connectivity index (χ3v) is 4.29. The van der Waals surface area contributed by atoms with Gasteiger partial charge in [-0.15, -0.1) is 6.58 Å². The average molecular weight is 258 g/mol. The van der Waals surface area contributed by atoms with Crippen LogP contribution in [0.2, 0.25) is 0 Å². The van der Waals surface area contributed by atoms with Crippen molar-refractivity contribution in [3.05, 3.63) is 48.6 Å². The first kappa shape index (κ1) is 14.3. The zero-order valence-electron chi connectivity index (χ0n) is 12.2. The highest BCUT2D eigenvalue weighted by atomic mass is 15.2. The van der Waals surface area contributed by atoms with Gasteiger partial charge in [0.1, 0.15) is 0 Å². The van der Waals surface area contributed by atoms with Gasteiger partial charge in [-0.25, -0.2) is 0 Å². The van der Waals surface area contributed by atoms with Gasteiger partial charge < -0.3 is 5.32 Å². The Hall–Kier alpha value is -1.12. The molecule has 0 bridgehead atoms. The normalized spacial score (nSPS) is 28.2. The highest BCUT2D eigenvalue weighted by Crippen LogP contribution is 2.21. The second-order valence-electron chi connectivity index (χ2n) is 5.86. The molecule has 104 valence electrons. The van der Waals surface area contributed by atoms with E-state index in [0.717, 1.165) is 26.1 Å². The Bertz CT molecular complexity index is 401. The third kappa shape index (κ3) is 3.68. The molecule has 2 atom stereocenters. The van der Waals surface area contributed by atoms with Gasteiger partial charge in [0.2, 0.25) is 0 Å². The molecule has 1 heterocycles. The van der Waals surface area contributed by atoms with Crippen molar-refractivity contribution in [2.45, 2.75) is 38.3 Å². The zero-order valence-corrected chi connectivity index (χ0v) is 12.2. The lowest BCUT2D eigenvalue weighted by Gasteiger charge is -2.46. The number of hydrogen-bond donors (Lipinski definition) is 1. The Labute approximate surface area is 117 Å². The fourth-order valence-corrected chi connectivity index (χ4v) is 2.83. The molecular weight excluding hydrogens is 232 g/mol.